The van der Waals surface area contributed by atoms with E-state index in [9.17, 15) is 19.2 Å². The van der Waals surface area contributed by atoms with Crippen LogP contribution in [0.2, 0.25) is 0 Å². The predicted molar refractivity (Wildman–Crippen MR) is 114 cm³/mol. The van der Waals surface area contributed by atoms with Crippen molar-refractivity contribution in [3.63, 3.8) is 0 Å². The molecule has 1 heterocycles. The Hall–Kier alpha value is -3.68. The van der Waals surface area contributed by atoms with Gasteiger partial charge in [0.25, 0.3) is 11.8 Å². The third kappa shape index (κ3) is 5.69. The molecule has 0 bridgehead atoms. The summed E-state index contributed by atoms with van der Waals surface area (Å²) in [5, 5.41) is 3.83. The lowest BCUT2D eigenvalue weighted by atomic mass is 10.1. The van der Waals surface area contributed by atoms with Crippen LogP contribution in [-0.4, -0.2) is 41.9 Å². The summed E-state index contributed by atoms with van der Waals surface area (Å²) in [6.07, 6.45) is -0.0916. The van der Waals surface area contributed by atoms with Crippen molar-refractivity contribution in [3.05, 3.63) is 64.7 Å². The number of ether oxygens (including phenoxy) is 1. The number of rotatable bonds is 6. The molecule has 2 aromatic rings. The normalized spacial score (nSPS) is 15.5. The van der Waals surface area contributed by atoms with Gasteiger partial charge < -0.3 is 10.1 Å². The summed E-state index contributed by atoms with van der Waals surface area (Å²) in [5.41, 5.74) is 6.48. The van der Waals surface area contributed by atoms with E-state index in [0.29, 0.717) is 11.3 Å². The van der Waals surface area contributed by atoms with E-state index in [1.807, 2.05) is 39.0 Å². The largest absolute Gasteiger partial charge is 0.455 e. The molecule has 1 atom stereocenters. The lowest BCUT2D eigenvalue weighted by Crippen LogP contribution is -2.43. The number of anilines is 1. The Labute approximate surface area is 180 Å². The van der Waals surface area contributed by atoms with Crippen molar-refractivity contribution in [1.29, 1.82) is 0 Å². The van der Waals surface area contributed by atoms with Gasteiger partial charge in [0.15, 0.2) is 6.61 Å². The number of hydrogen-bond donors (Lipinski definition) is 2. The van der Waals surface area contributed by atoms with Crippen LogP contribution in [0, 0.1) is 26.7 Å². The van der Waals surface area contributed by atoms with Gasteiger partial charge in [0, 0.05) is 17.7 Å². The van der Waals surface area contributed by atoms with Crippen molar-refractivity contribution < 1.29 is 23.9 Å². The molecule has 0 saturated carbocycles. The molecule has 162 valence electrons. The zero-order chi connectivity index (χ0) is 22.5. The van der Waals surface area contributed by atoms with E-state index < -0.39 is 30.3 Å². The van der Waals surface area contributed by atoms with Crippen molar-refractivity contribution in [3.8, 4) is 0 Å². The lowest BCUT2D eigenvalue weighted by Gasteiger charge is -2.17. The predicted octanol–water partition coefficient (Wildman–Crippen LogP) is 2.29. The molecule has 3 amide bonds. The first kappa shape index (κ1) is 22.0. The van der Waals surface area contributed by atoms with E-state index in [1.54, 1.807) is 24.3 Å². The molecule has 8 heteroatoms. The monoisotopic (exact) mass is 423 g/mol. The molecule has 1 aliphatic rings. The van der Waals surface area contributed by atoms with Crippen molar-refractivity contribution in [1.82, 2.24) is 10.4 Å². The van der Waals surface area contributed by atoms with Crippen molar-refractivity contribution in [2.45, 2.75) is 27.2 Å². The maximum absolute atomic E-state index is 12.3. The molecule has 0 radical (unpaired) electrons. The van der Waals surface area contributed by atoms with Crippen LogP contribution in [0.4, 0.5) is 5.69 Å². The minimum atomic E-state index is -0.751. The van der Waals surface area contributed by atoms with Gasteiger partial charge in [0.2, 0.25) is 5.91 Å². The third-order valence-electron chi connectivity index (χ3n) is 5.02. The van der Waals surface area contributed by atoms with Gasteiger partial charge in [-0.15, -0.1) is 0 Å². The van der Waals surface area contributed by atoms with Crippen molar-refractivity contribution >= 4 is 29.4 Å². The molecular weight excluding hydrogens is 398 g/mol. The number of benzene rings is 2. The molecule has 1 aliphatic heterocycles. The van der Waals surface area contributed by atoms with E-state index in [1.165, 1.54) is 0 Å². The number of hydrazine groups is 1. The Morgan fingerprint density at radius 3 is 2.42 bits per heavy atom. The van der Waals surface area contributed by atoms with E-state index >= 15 is 0 Å². The first-order valence-electron chi connectivity index (χ1n) is 9.94. The quantitative estimate of drug-likeness (QED) is 0.694. The molecule has 31 heavy (non-hydrogen) atoms. The SMILES string of the molecule is Cc1ccc(C(=O)NN2C[C@@H](C(=O)OCC(=O)Nc3cc(C)ccc3C)CC2=O)cc1. The fourth-order valence-corrected chi connectivity index (χ4v) is 3.18. The molecule has 0 aromatic heterocycles. The highest BCUT2D eigenvalue weighted by Gasteiger charge is 2.36. The Balaban J connectivity index is 1.49. The second-order valence-electron chi connectivity index (χ2n) is 7.69. The van der Waals surface area contributed by atoms with Gasteiger partial charge in [-0.05, 0) is 50.1 Å². The zero-order valence-electron chi connectivity index (χ0n) is 17.7. The molecule has 8 nitrogen and oxygen atoms in total. The average molecular weight is 423 g/mol. The Bertz CT molecular complexity index is 1020. The second kappa shape index (κ2) is 9.42. The summed E-state index contributed by atoms with van der Waals surface area (Å²) in [6.45, 7) is 5.23. The number of esters is 1. The van der Waals surface area contributed by atoms with Crippen LogP contribution in [0.3, 0.4) is 0 Å². The first-order chi connectivity index (χ1) is 14.7. The van der Waals surface area contributed by atoms with Gasteiger partial charge in [-0.1, -0.05) is 29.8 Å². The van der Waals surface area contributed by atoms with Crippen LogP contribution in [-0.2, 0) is 19.1 Å². The number of nitrogens with one attached hydrogen (secondary N) is 2. The van der Waals surface area contributed by atoms with Crippen LogP contribution in [0.15, 0.2) is 42.5 Å². The van der Waals surface area contributed by atoms with E-state index in [4.69, 9.17) is 4.74 Å². The second-order valence-corrected chi connectivity index (χ2v) is 7.69. The van der Waals surface area contributed by atoms with Gasteiger partial charge in [-0.3, -0.25) is 29.6 Å². The summed E-state index contributed by atoms with van der Waals surface area (Å²) >= 11 is 0. The fraction of sp³-hybridized carbons (Fsp3) is 0.304. The standard InChI is InChI=1S/C23H25N3O5/c1-14-5-8-17(9-6-14)22(29)25-26-12-18(11-21(26)28)23(30)31-13-20(27)24-19-10-15(2)4-7-16(19)3/h4-10,18H,11-13H2,1-3H3,(H,24,27)(H,25,29)/t18-/m0/s1. The first-order valence-corrected chi connectivity index (χ1v) is 9.94. The number of carbonyl (C=O) groups is 4. The van der Waals surface area contributed by atoms with Crippen LogP contribution in [0.5, 0.6) is 0 Å². The summed E-state index contributed by atoms with van der Waals surface area (Å²) < 4.78 is 5.09. The number of aryl methyl sites for hydroxylation is 3. The van der Waals surface area contributed by atoms with Crippen molar-refractivity contribution in [2.75, 3.05) is 18.5 Å². The Kier molecular flexibility index (Phi) is 6.69. The highest BCUT2D eigenvalue weighted by Crippen LogP contribution is 2.19. The van der Waals surface area contributed by atoms with E-state index in [2.05, 4.69) is 10.7 Å². The van der Waals surface area contributed by atoms with Gasteiger partial charge in [0.05, 0.1) is 12.5 Å². The van der Waals surface area contributed by atoms with Crippen LogP contribution in [0.1, 0.15) is 33.5 Å². The number of carbonyl (C=O) groups excluding carboxylic acids is 4. The van der Waals surface area contributed by atoms with Gasteiger partial charge in [0.1, 0.15) is 0 Å². The minimum absolute atomic E-state index is 0.00608. The minimum Gasteiger partial charge on any atom is -0.455 e. The molecule has 3 rings (SSSR count). The molecule has 0 unspecified atom stereocenters. The van der Waals surface area contributed by atoms with E-state index in [0.717, 1.165) is 21.7 Å². The van der Waals surface area contributed by atoms with Crippen LogP contribution >= 0.6 is 0 Å². The summed E-state index contributed by atoms with van der Waals surface area (Å²) in [7, 11) is 0. The summed E-state index contributed by atoms with van der Waals surface area (Å²) in [6, 6.07) is 12.6. The maximum Gasteiger partial charge on any atom is 0.311 e. The molecule has 1 fully saturated rings. The average Bonchev–Trinajstić information content (AvgIpc) is 3.09. The van der Waals surface area contributed by atoms with Gasteiger partial charge in [-0.25, -0.2) is 0 Å². The lowest BCUT2D eigenvalue weighted by molar-refractivity contribution is -0.151. The highest BCUT2D eigenvalue weighted by molar-refractivity contribution is 5.97. The molecule has 0 aliphatic carbocycles. The van der Waals surface area contributed by atoms with Gasteiger partial charge in [-0.2, -0.15) is 0 Å². The smallest absolute Gasteiger partial charge is 0.311 e. The van der Waals surface area contributed by atoms with Crippen LogP contribution < -0.4 is 10.7 Å². The number of hydrogen-bond acceptors (Lipinski definition) is 5. The maximum atomic E-state index is 12.3. The molecule has 1 saturated heterocycles. The van der Waals surface area contributed by atoms with E-state index in [-0.39, 0.29) is 18.9 Å². The summed E-state index contributed by atoms with van der Waals surface area (Å²) in [5.74, 6) is -2.69. The number of nitrogens with zero attached hydrogens (tertiary/aromatic N) is 1. The third-order valence-corrected chi connectivity index (χ3v) is 5.02. The summed E-state index contributed by atoms with van der Waals surface area (Å²) in [4.78, 5) is 48.9. The zero-order valence-corrected chi connectivity index (χ0v) is 17.7. The number of amides is 3. The Morgan fingerprint density at radius 2 is 1.71 bits per heavy atom. The highest BCUT2D eigenvalue weighted by atomic mass is 16.5. The Morgan fingerprint density at radius 1 is 1.03 bits per heavy atom. The van der Waals surface area contributed by atoms with Gasteiger partial charge >= 0.3 is 5.97 Å². The van der Waals surface area contributed by atoms with Crippen LogP contribution in [0.25, 0.3) is 0 Å². The van der Waals surface area contributed by atoms with Crippen molar-refractivity contribution in [2.24, 2.45) is 5.92 Å². The molecule has 0 spiro atoms. The molecule has 2 aromatic carbocycles. The fourth-order valence-electron chi connectivity index (χ4n) is 3.18. The molecule has 2 N–H and O–H groups in total. The molecular formula is C23H25N3O5. The topological polar surface area (TPSA) is 105 Å².